The van der Waals surface area contributed by atoms with Gasteiger partial charge in [-0.1, -0.05) is 37.3 Å². The average Bonchev–Trinajstić information content (AvgIpc) is 3.40. The number of hydrogen-bond acceptors (Lipinski definition) is 7. The Morgan fingerprint density at radius 2 is 1.85 bits per heavy atom. The molecule has 2 aliphatic heterocycles. The van der Waals surface area contributed by atoms with Gasteiger partial charge in [0.2, 0.25) is 5.76 Å². The Labute approximate surface area is 225 Å². The smallest absolute Gasteiger partial charge is 0.417 e. The van der Waals surface area contributed by atoms with Gasteiger partial charge in [-0.05, 0) is 49.3 Å². The second kappa shape index (κ2) is 11.6. The fraction of sp³-hybridized carbons (Fsp3) is 0.464. The monoisotopic (exact) mass is 543 g/mol. The molecule has 2 saturated heterocycles. The molecule has 5 rings (SSSR count). The normalized spacial score (nSPS) is 18.8. The van der Waals surface area contributed by atoms with Crippen molar-refractivity contribution in [1.29, 1.82) is 0 Å². The third-order valence-corrected chi connectivity index (χ3v) is 7.12. The molecule has 1 unspecified atom stereocenters. The van der Waals surface area contributed by atoms with E-state index in [4.69, 9.17) is 9.15 Å². The summed E-state index contributed by atoms with van der Waals surface area (Å²) in [4.78, 5) is 24.7. The quantitative estimate of drug-likeness (QED) is 0.406. The first-order chi connectivity index (χ1) is 18.8. The summed E-state index contributed by atoms with van der Waals surface area (Å²) < 4.78 is 52.5. The predicted molar refractivity (Wildman–Crippen MR) is 141 cm³/mol. The number of hydrogen-bond donors (Lipinski definition) is 1. The standard InChI is InChI=1S/C28H32F3N5O3/c1-19-6-5-13-36(17-19)27-34-25(28(29,30)31)24(39-27)26(37)33-21-9-10-23(32-16-21)35-14-11-22(12-15-35)38-18-20-7-3-2-4-8-20/h2-4,7-10,16,19,22H,5-6,11-15,17-18H2,1H3,(H,33,37). The number of pyridine rings is 1. The Morgan fingerprint density at radius 3 is 2.51 bits per heavy atom. The van der Waals surface area contributed by atoms with Gasteiger partial charge < -0.3 is 24.3 Å². The van der Waals surface area contributed by atoms with Crippen LogP contribution in [-0.2, 0) is 17.5 Å². The van der Waals surface area contributed by atoms with Crippen molar-refractivity contribution in [3.63, 3.8) is 0 Å². The second-order valence-corrected chi connectivity index (χ2v) is 10.2. The van der Waals surface area contributed by atoms with Crippen molar-refractivity contribution in [3.05, 3.63) is 65.7 Å². The number of amides is 1. The molecule has 0 radical (unpaired) electrons. The maximum atomic E-state index is 13.7. The summed E-state index contributed by atoms with van der Waals surface area (Å²) in [5.74, 6) is -0.837. The van der Waals surface area contributed by atoms with E-state index in [9.17, 15) is 18.0 Å². The molecule has 208 valence electrons. The first kappa shape index (κ1) is 27.0. The zero-order valence-electron chi connectivity index (χ0n) is 21.8. The van der Waals surface area contributed by atoms with Gasteiger partial charge in [-0.15, -0.1) is 0 Å². The van der Waals surface area contributed by atoms with Crippen LogP contribution in [0, 0.1) is 5.92 Å². The molecule has 1 atom stereocenters. The van der Waals surface area contributed by atoms with Crippen molar-refractivity contribution in [2.24, 2.45) is 5.92 Å². The molecule has 4 heterocycles. The van der Waals surface area contributed by atoms with E-state index < -0.39 is 23.5 Å². The number of carbonyl (C=O) groups excluding carboxylic acids is 1. The summed E-state index contributed by atoms with van der Waals surface area (Å²) >= 11 is 0. The minimum absolute atomic E-state index is 0.169. The molecule has 2 aliphatic rings. The molecule has 2 fully saturated rings. The Morgan fingerprint density at radius 1 is 1.08 bits per heavy atom. The van der Waals surface area contributed by atoms with Gasteiger partial charge in [0, 0.05) is 26.2 Å². The molecule has 8 nitrogen and oxygen atoms in total. The Bertz CT molecular complexity index is 1240. The second-order valence-electron chi connectivity index (χ2n) is 10.2. The van der Waals surface area contributed by atoms with Gasteiger partial charge in [0.1, 0.15) is 5.82 Å². The highest BCUT2D eigenvalue weighted by molar-refractivity contribution is 6.03. The molecule has 0 bridgehead atoms. The summed E-state index contributed by atoms with van der Waals surface area (Å²) in [5.41, 5.74) is 0.0851. The summed E-state index contributed by atoms with van der Waals surface area (Å²) in [6, 6.07) is 13.2. The fourth-order valence-corrected chi connectivity index (χ4v) is 5.03. The van der Waals surface area contributed by atoms with Crippen molar-refractivity contribution >= 4 is 23.4 Å². The van der Waals surface area contributed by atoms with Crippen molar-refractivity contribution in [3.8, 4) is 0 Å². The number of halogens is 3. The van der Waals surface area contributed by atoms with Crippen LogP contribution in [0.1, 0.15) is 54.4 Å². The number of aromatic nitrogens is 2. The van der Waals surface area contributed by atoms with Gasteiger partial charge in [-0.25, -0.2) is 4.98 Å². The van der Waals surface area contributed by atoms with Crippen LogP contribution in [0.5, 0.6) is 0 Å². The van der Waals surface area contributed by atoms with Gasteiger partial charge in [0.25, 0.3) is 11.9 Å². The molecule has 0 aliphatic carbocycles. The zero-order valence-corrected chi connectivity index (χ0v) is 21.8. The Kier molecular flexibility index (Phi) is 8.06. The van der Waals surface area contributed by atoms with Crippen LogP contribution in [-0.4, -0.2) is 48.2 Å². The first-order valence-corrected chi connectivity index (χ1v) is 13.3. The van der Waals surface area contributed by atoms with Crippen LogP contribution >= 0.6 is 0 Å². The lowest BCUT2D eigenvalue weighted by Gasteiger charge is -2.32. The molecule has 1 N–H and O–H groups in total. The van der Waals surface area contributed by atoms with Crippen molar-refractivity contribution in [2.75, 3.05) is 41.3 Å². The molecular formula is C28H32F3N5O3. The Balaban J connectivity index is 1.18. The van der Waals surface area contributed by atoms with Crippen LogP contribution in [0.4, 0.5) is 30.7 Å². The lowest BCUT2D eigenvalue weighted by Crippen LogP contribution is -2.37. The number of nitrogens with one attached hydrogen (secondary N) is 1. The van der Waals surface area contributed by atoms with E-state index in [2.05, 4.69) is 20.2 Å². The Hall–Kier alpha value is -3.60. The van der Waals surface area contributed by atoms with Gasteiger partial charge in [0.15, 0.2) is 5.69 Å². The van der Waals surface area contributed by atoms with Crippen molar-refractivity contribution < 1.29 is 27.1 Å². The lowest BCUT2D eigenvalue weighted by molar-refractivity contribution is -0.141. The van der Waals surface area contributed by atoms with Crippen LogP contribution in [0.25, 0.3) is 0 Å². The SMILES string of the molecule is CC1CCCN(c2nc(C(F)(F)F)c(C(=O)Nc3ccc(N4CCC(OCc5ccccc5)CC4)nc3)o2)C1. The van der Waals surface area contributed by atoms with Crippen LogP contribution in [0.15, 0.2) is 53.1 Å². The van der Waals surface area contributed by atoms with Crippen molar-refractivity contribution in [2.45, 2.75) is 51.5 Å². The number of nitrogens with zero attached hydrogens (tertiary/aromatic N) is 4. The molecule has 0 spiro atoms. The molecule has 2 aromatic heterocycles. The zero-order chi connectivity index (χ0) is 27.4. The maximum absolute atomic E-state index is 13.7. The molecule has 1 aromatic carbocycles. The van der Waals surface area contributed by atoms with E-state index in [1.165, 1.54) is 6.20 Å². The summed E-state index contributed by atoms with van der Waals surface area (Å²) in [6.07, 6.45) is 0.301. The summed E-state index contributed by atoms with van der Waals surface area (Å²) in [7, 11) is 0. The molecule has 39 heavy (non-hydrogen) atoms. The van der Waals surface area contributed by atoms with Crippen LogP contribution in [0.2, 0.25) is 0 Å². The number of alkyl halides is 3. The van der Waals surface area contributed by atoms with E-state index in [-0.39, 0.29) is 17.8 Å². The minimum atomic E-state index is -4.82. The van der Waals surface area contributed by atoms with Gasteiger partial charge >= 0.3 is 6.18 Å². The highest BCUT2D eigenvalue weighted by Crippen LogP contribution is 2.35. The highest BCUT2D eigenvalue weighted by Gasteiger charge is 2.42. The largest absolute Gasteiger partial charge is 0.437 e. The van der Waals surface area contributed by atoms with E-state index in [0.29, 0.717) is 25.6 Å². The average molecular weight is 544 g/mol. The molecule has 1 amide bonds. The topological polar surface area (TPSA) is 83.7 Å². The molecule has 11 heteroatoms. The number of carbonyl (C=O) groups is 1. The molecular weight excluding hydrogens is 511 g/mol. The van der Waals surface area contributed by atoms with Gasteiger partial charge in [0.05, 0.1) is 24.6 Å². The number of piperidine rings is 2. The van der Waals surface area contributed by atoms with Crippen molar-refractivity contribution in [1.82, 2.24) is 9.97 Å². The molecule has 3 aromatic rings. The van der Waals surface area contributed by atoms with Gasteiger partial charge in [-0.2, -0.15) is 18.2 Å². The number of anilines is 3. The fourth-order valence-electron chi connectivity index (χ4n) is 5.03. The number of benzene rings is 1. The lowest BCUT2D eigenvalue weighted by atomic mass is 10.0. The minimum Gasteiger partial charge on any atom is -0.417 e. The van der Waals surface area contributed by atoms with E-state index in [0.717, 1.165) is 50.2 Å². The van der Waals surface area contributed by atoms with Crippen LogP contribution in [0.3, 0.4) is 0 Å². The number of ether oxygens (including phenoxy) is 1. The first-order valence-electron chi connectivity index (χ1n) is 13.3. The summed E-state index contributed by atoms with van der Waals surface area (Å²) in [5, 5.41) is 2.47. The number of oxazole rings is 1. The van der Waals surface area contributed by atoms with E-state index >= 15 is 0 Å². The summed E-state index contributed by atoms with van der Waals surface area (Å²) in [6.45, 7) is 5.20. The maximum Gasteiger partial charge on any atom is 0.437 e. The van der Waals surface area contributed by atoms with E-state index in [1.807, 2.05) is 37.3 Å². The third kappa shape index (κ3) is 6.70. The molecule has 0 saturated carbocycles. The van der Waals surface area contributed by atoms with E-state index in [1.54, 1.807) is 17.0 Å². The third-order valence-electron chi connectivity index (χ3n) is 7.12. The highest BCUT2D eigenvalue weighted by atomic mass is 19.4. The van der Waals surface area contributed by atoms with Crippen LogP contribution < -0.4 is 15.1 Å². The number of rotatable bonds is 7. The predicted octanol–water partition coefficient (Wildman–Crippen LogP) is 5.76. The van der Waals surface area contributed by atoms with Gasteiger partial charge in [-0.3, -0.25) is 4.79 Å².